The first-order valence-corrected chi connectivity index (χ1v) is 5.73. The van der Waals surface area contributed by atoms with Crippen LogP contribution in [0.15, 0.2) is 24.3 Å². The van der Waals surface area contributed by atoms with E-state index in [-0.39, 0.29) is 5.54 Å². The van der Waals surface area contributed by atoms with Crippen LogP contribution in [-0.2, 0) is 4.79 Å². The van der Waals surface area contributed by atoms with Crippen LogP contribution in [0.2, 0.25) is 0 Å². The van der Waals surface area contributed by atoms with Crippen molar-refractivity contribution in [2.75, 3.05) is 5.32 Å². The Bertz CT molecular complexity index is 483. The summed E-state index contributed by atoms with van der Waals surface area (Å²) in [5, 5.41) is 4.06. The van der Waals surface area contributed by atoms with Gasteiger partial charge in [-0.05, 0) is 25.0 Å². The van der Waals surface area contributed by atoms with Gasteiger partial charge in [-0.25, -0.2) is 4.98 Å². The molecule has 76 valence electrons. The Balaban J connectivity index is 1.95. The lowest BCUT2D eigenvalue weighted by molar-refractivity contribution is -0.109. The standard InChI is InChI=1S/C11H10N2OS/c14-7-11(5-6-11)13-10-12-8-3-1-2-4-9(8)15-10/h1-4,7H,5-6H2,(H,12,13). The lowest BCUT2D eigenvalue weighted by Gasteiger charge is -2.06. The number of hydrogen-bond donors (Lipinski definition) is 1. The number of para-hydroxylation sites is 1. The van der Waals surface area contributed by atoms with E-state index >= 15 is 0 Å². The molecule has 1 aromatic heterocycles. The summed E-state index contributed by atoms with van der Waals surface area (Å²) in [6.07, 6.45) is 2.85. The van der Waals surface area contributed by atoms with Crippen molar-refractivity contribution >= 4 is 33.0 Å². The molecule has 1 N–H and O–H groups in total. The minimum absolute atomic E-state index is 0.312. The van der Waals surface area contributed by atoms with E-state index in [2.05, 4.69) is 10.3 Å². The second-order valence-corrected chi connectivity index (χ2v) is 4.92. The minimum atomic E-state index is -0.312. The Labute approximate surface area is 91.1 Å². The molecule has 0 unspecified atom stereocenters. The van der Waals surface area contributed by atoms with Crippen molar-refractivity contribution < 1.29 is 4.79 Å². The van der Waals surface area contributed by atoms with Crippen LogP contribution in [0, 0.1) is 0 Å². The van der Waals surface area contributed by atoms with Gasteiger partial charge in [-0.2, -0.15) is 0 Å². The molecule has 0 aliphatic heterocycles. The van der Waals surface area contributed by atoms with Crippen molar-refractivity contribution in [1.29, 1.82) is 0 Å². The normalized spacial score (nSPS) is 17.6. The largest absolute Gasteiger partial charge is 0.349 e. The Morgan fingerprint density at radius 3 is 2.87 bits per heavy atom. The van der Waals surface area contributed by atoms with Crippen molar-refractivity contribution in [3.8, 4) is 0 Å². The second-order valence-electron chi connectivity index (χ2n) is 3.89. The molecule has 1 fully saturated rings. The van der Waals surface area contributed by atoms with Gasteiger partial charge < -0.3 is 10.1 Å². The first-order chi connectivity index (χ1) is 7.31. The van der Waals surface area contributed by atoms with Crippen molar-refractivity contribution in [1.82, 2.24) is 4.98 Å². The Morgan fingerprint density at radius 1 is 1.40 bits per heavy atom. The van der Waals surface area contributed by atoms with E-state index in [9.17, 15) is 4.79 Å². The summed E-state index contributed by atoms with van der Waals surface area (Å²) in [5.74, 6) is 0. The molecule has 1 aliphatic rings. The van der Waals surface area contributed by atoms with Crippen LogP contribution in [0.25, 0.3) is 10.2 Å². The van der Waals surface area contributed by atoms with Gasteiger partial charge in [-0.3, -0.25) is 0 Å². The molecule has 0 spiro atoms. The molecule has 0 saturated heterocycles. The van der Waals surface area contributed by atoms with E-state index in [1.807, 2.05) is 24.3 Å². The summed E-state index contributed by atoms with van der Waals surface area (Å²) >= 11 is 1.60. The Morgan fingerprint density at radius 2 is 2.20 bits per heavy atom. The van der Waals surface area contributed by atoms with Crippen molar-refractivity contribution in [2.24, 2.45) is 0 Å². The smallest absolute Gasteiger partial charge is 0.184 e. The summed E-state index contributed by atoms with van der Waals surface area (Å²) in [5.41, 5.74) is 0.681. The molecule has 4 heteroatoms. The molecular weight excluding hydrogens is 208 g/mol. The van der Waals surface area contributed by atoms with Crippen molar-refractivity contribution in [2.45, 2.75) is 18.4 Å². The van der Waals surface area contributed by atoms with Crippen LogP contribution in [0.5, 0.6) is 0 Å². The molecule has 2 aromatic rings. The third-order valence-corrected chi connectivity index (χ3v) is 3.62. The van der Waals surface area contributed by atoms with Gasteiger partial charge in [0.2, 0.25) is 0 Å². The van der Waals surface area contributed by atoms with E-state index in [1.54, 1.807) is 11.3 Å². The van der Waals surface area contributed by atoms with E-state index in [4.69, 9.17) is 0 Å². The number of fused-ring (bicyclic) bond motifs is 1. The van der Waals surface area contributed by atoms with E-state index in [0.717, 1.165) is 34.5 Å². The van der Waals surface area contributed by atoms with Gasteiger partial charge >= 0.3 is 0 Å². The second kappa shape index (κ2) is 3.03. The van der Waals surface area contributed by atoms with Gasteiger partial charge in [0.05, 0.1) is 15.8 Å². The fourth-order valence-corrected chi connectivity index (χ4v) is 2.52. The van der Waals surface area contributed by atoms with E-state index in [0.29, 0.717) is 0 Å². The maximum atomic E-state index is 10.8. The molecule has 3 nitrogen and oxygen atoms in total. The molecule has 1 aliphatic carbocycles. The van der Waals surface area contributed by atoms with Gasteiger partial charge in [-0.15, -0.1) is 0 Å². The molecule has 3 rings (SSSR count). The predicted octanol–water partition coefficient (Wildman–Crippen LogP) is 2.44. The topological polar surface area (TPSA) is 42.0 Å². The highest BCUT2D eigenvalue weighted by molar-refractivity contribution is 7.22. The number of anilines is 1. The first kappa shape index (κ1) is 8.85. The number of carbonyl (C=O) groups is 1. The summed E-state index contributed by atoms with van der Waals surface area (Å²) in [6.45, 7) is 0. The van der Waals surface area contributed by atoms with Crippen LogP contribution in [0.3, 0.4) is 0 Å². The zero-order valence-corrected chi connectivity index (χ0v) is 8.88. The van der Waals surface area contributed by atoms with Crippen LogP contribution in [-0.4, -0.2) is 16.8 Å². The highest BCUT2D eigenvalue weighted by atomic mass is 32.1. The van der Waals surface area contributed by atoms with Gasteiger partial charge in [-0.1, -0.05) is 23.5 Å². The van der Waals surface area contributed by atoms with Crippen LogP contribution < -0.4 is 5.32 Å². The SMILES string of the molecule is O=CC1(Nc2nc3ccccc3s2)CC1. The van der Waals surface area contributed by atoms with E-state index in [1.165, 1.54) is 0 Å². The number of hydrogen-bond acceptors (Lipinski definition) is 4. The lowest BCUT2D eigenvalue weighted by atomic mass is 10.3. The minimum Gasteiger partial charge on any atom is -0.349 e. The Kier molecular flexibility index (Phi) is 1.79. The highest BCUT2D eigenvalue weighted by Gasteiger charge is 2.43. The van der Waals surface area contributed by atoms with Gasteiger partial charge in [0.15, 0.2) is 5.13 Å². The molecule has 1 aromatic carbocycles. The number of thiazole rings is 1. The summed E-state index contributed by atoms with van der Waals surface area (Å²) in [6, 6.07) is 7.99. The number of carbonyl (C=O) groups excluding carboxylic acids is 1. The Hall–Kier alpha value is -1.42. The predicted molar refractivity (Wildman–Crippen MR) is 61.3 cm³/mol. The summed E-state index contributed by atoms with van der Waals surface area (Å²) < 4.78 is 1.15. The maximum Gasteiger partial charge on any atom is 0.184 e. The number of benzene rings is 1. The quantitative estimate of drug-likeness (QED) is 0.804. The molecule has 1 heterocycles. The fourth-order valence-electron chi connectivity index (χ4n) is 1.55. The van der Waals surface area contributed by atoms with Crippen molar-refractivity contribution in [3.05, 3.63) is 24.3 Å². The van der Waals surface area contributed by atoms with Crippen LogP contribution in [0.1, 0.15) is 12.8 Å². The number of aldehydes is 1. The number of aromatic nitrogens is 1. The third kappa shape index (κ3) is 1.51. The molecule has 1 saturated carbocycles. The molecule has 0 atom stereocenters. The van der Waals surface area contributed by atoms with Gasteiger partial charge in [0, 0.05) is 0 Å². The average Bonchev–Trinajstić information content (AvgIpc) is 2.91. The fraction of sp³-hybridized carbons (Fsp3) is 0.273. The van der Waals surface area contributed by atoms with E-state index < -0.39 is 0 Å². The summed E-state index contributed by atoms with van der Waals surface area (Å²) in [4.78, 5) is 15.3. The lowest BCUT2D eigenvalue weighted by Crippen LogP contribution is -2.22. The number of nitrogens with one attached hydrogen (secondary N) is 1. The first-order valence-electron chi connectivity index (χ1n) is 4.91. The average molecular weight is 218 g/mol. The number of rotatable bonds is 3. The maximum absolute atomic E-state index is 10.8. The monoisotopic (exact) mass is 218 g/mol. The van der Waals surface area contributed by atoms with Crippen molar-refractivity contribution in [3.63, 3.8) is 0 Å². The molecule has 0 radical (unpaired) electrons. The summed E-state index contributed by atoms with van der Waals surface area (Å²) in [7, 11) is 0. The highest BCUT2D eigenvalue weighted by Crippen LogP contribution is 2.38. The zero-order chi connectivity index (χ0) is 10.3. The zero-order valence-electron chi connectivity index (χ0n) is 8.06. The van der Waals surface area contributed by atoms with Gasteiger partial charge in [0.25, 0.3) is 0 Å². The van der Waals surface area contributed by atoms with Crippen LogP contribution >= 0.6 is 11.3 Å². The van der Waals surface area contributed by atoms with Crippen LogP contribution in [0.4, 0.5) is 5.13 Å². The molecule has 0 bridgehead atoms. The molecule has 0 amide bonds. The van der Waals surface area contributed by atoms with Gasteiger partial charge in [0.1, 0.15) is 6.29 Å². The molecular formula is C11H10N2OS. The third-order valence-electron chi connectivity index (χ3n) is 2.66. The number of nitrogens with zero attached hydrogens (tertiary/aromatic N) is 1. The molecule has 15 heavy (non-hydrogen) atoms.